The lowest BCUT2D eigenvalue weighted by Gasteiger charge is -2.27. The number of carboxylic acid groups (broad SMARTS) is 1. The van der Waals surface area contributed by atoms with Crippen LogP contribution in [0.1, 0.15) is 20.8 Å². The van der Waals surface area contributed by atoms with Crippen LogP contribution in [0.2, 0.25) is 0 Å². The van der Waals surface area contributed by atoms with E-state index in [0.29, 0.717) is 0 Å². The number of nitrogens with one attached hydrogen (secondary N) is 1. The number of aliphatic carboxylic acids is 1. The van der Waals surface area contributed by atoms with E-state index >= 15 is 0 Å². The molecule has 0 aliphatic heterocycles. The summed E-state index contributed by atoms with van der Waals surface area (Å²) in [5.41, 5.74) is 3.87. The molecule has 0 heterocycles. The molecule has 0 bridgehead atoms. The third-order valence-electron chi connectivity index (χ3n) is 2.03. The number of rotatable bonds is 5. The maximum Gasteiger partial charge on any atom is 0.323 e. The molecule has 0 unspecified atom stereocenters. The summed E-state index contributed by atoms with van der Waals surface area (Å²) in [6.45, 7) is 4.34. The van der Waals surface area contributed by atoms with Crippen LogP contribution < -0.4 is 11.1 Å². The van der Waals surface area contributed by atoms with E-state index in [4.69, 9.17) is 10.8 Å². The minimum absolute atomic E-state index is 0.229. The highest BCUT2D eigenvalue weighted by atomic mass is 16.4. The summed E-state index contributed by atoms with van der Waals surface area (Å²) < 4.78 is 0. The van der Waals surface area contributed by atoms with Crippen molar-refractivity contribution >= 4 is 17.9 Å². The summed E-state index contributed by atoms with van der Waals surface area (Å²) in [7, 11) is 0. The predicted octanol–water partition coefficient (Wildman–Crippen LogP) is -0.634. The van der Waals surface area contributed by atoms with Gasteiger partial charge in [0.25, 0.3) is 0 Å². The molecule has 3 amide bonds. The highest BCUT2D eigenvalue weighted by Gasteiger charge is 2.29. The summed E-state index contributed by atoms with van der Waals surface area (Å²) >= 11 is 0. The van der Waals surface area contributed by atoms with E-state index in [9.17, 15) is 14.4 Å². The molecule has 0 saturated heterocycles. The molecule has 0 saturated carbocycles. The van der Waals surface area contributed by atoms with Gasteiger partial charge in [-0.25, -0.2) is 4.79 Å². The molecule has 7 nitrogen and oxygen atoms in total. The highest BCUT2D eigenvalue weighted by Crippen LogP contribution is 2.02. The summed E-state index contributed by atoms with van der Waals surface area (Å²) in [6.07, 6.45) is 0. The average Bonchev–Trinajstić information content (AvgIpc) is 2.12. The molecule has 0 fully saturated rings. The first-order valence-corrected chi connectivity index (χ1v) is 4.79. The third-order valence-corrected chi connectivity index (χ3v) is 2.03. The Hall–Kier alpha value is -1.79. The molecule has 0 aromatic carbocycles. The van der Waals surface area contributed by atoms with Gasteiger partial charge in [-0.1, -0.05) is 0 Å². The van der Waals surface area contributed by atoms with E-state index < -0.39 is 30.0 Å². The maximum absolute atomic E-state index is 11.6. The Morgan fingerprint density at radius 1 is 1.38 bits per heavy atom. The summed E-state index contributed by atoms with van der Waals surface area (Å²) in [6, 6.07) is -0.631. The van der Waals surface area contributed by atoms with E-state index in [-0.39, 0.29) is 6.54 Å². The van der Waals surface area contributed by atoms with Crippen molar-refractivity contribution in [1.82, 2.24) is 10.2 Å². The van der Waals surface area contributed by atoms with Crippen molar-refractivity contribution in [3.63, 3.8) is 0 Å². The first-order chi connectivity index (χ1) is 7.20. The number of urea groups is 1. The normalized spacial score (nSPS) is 10.7. The fourth-order valence-corrected chi connectivity index (χ4v) is 0.898. The number of carbonyl (C=O) groups excluding carboxylic acids is 2. The average molecular weight is 231 g/mol. The molecule has 92 valence electrons. The molecule has 0 aromatic rings. The zero-order chi connectivity index (χ0) is 12.9. The van der Waals surface area contributed by atoms with E-state index in [1.165, 1.54) is 13.8 Å². The number of primary amides is 1. The van der Waals surface area contributed by atoms with Crippen molar-refractivity contribution in [2.75, 3.05) is 13.1 Å². The molecule has 0 aliphatic rings. The smallest absolute Gasteiger partial charge is 0.323 e. The van der Waals surface area contributed by atoms with Crippen molar-refractivity contribution < 1.29 is 19.5 Å². The molecular formula is C9H17N3O4. The first kappa shape index (κ1) is 14.2. The summed E-state index contributed by atoms with van der Waals surface area (Å²) in [4.78, 5) is 34.1. The van der Waals surface area contributed by atoms with E-state index in [2.05, 4.69) is 5.32 Å². The Balaban J connectivity index is 4.54. The molecule has 4 N–H and O–H groups in total. The second-order valence-electron chi connectivity index (χ2n) is 3.83. The Morgan fingerprint density at radius 2 is 1.88 bits per heavy atom. The number of carboxylic acids is 1. The lowest BCUT2D eigenvalue weighted by molar-refractivity contribution is -0.137. The number of hydrogen-bond acceptors (Lipinski definition) is 3. The number of carbonyl (C=O) groups is 3. The quantitative estimate of drug-likeness (QED) is 0.584. The summed E-state index contributed by atoms with van der Waals surface area (Å²) in [5.74, 6) is -1.80. The molecule has 0 atom stereocenters. The SMILES string of the molecule is CCN(CC(=O)O)C(=O)NC(C)(C)C(N)=O. The minimum atomic E-state index is -1.21. The van der Waals surface area contributed by atoms with Gasteiger partial charge in [0.2, 0.25) is 5.91 Å². The third kappa shape index (κ3) is 4.16. The predicted molar refractivity (Wildman–Crippen MR) is 56.7 cm³/mol. The van der Waals surface area contributed by atoms with Gasteiger partial charge in [0.1, 0.15) is 12.1 Å². The van der Waals surface area contributed by atoms with Gasteiger partial charge in [-0.2, -0.15) is 0 Å². The lowest BCUT2D eigenvalue weighted by atomic mass is 10.1. The Labute approximate surface area is 93.6 Å². The number of nitrogens with two attached hydrogens (primary N) is 1. The molecule has 0 aromatic heterocycles. The van der Waals surface area contributed by atoms with Gasteiger partial charge >= 0.3 is 12.0 Å². The molecule has 0 spiro atoms. The second kappa shape index (κ2) is 5.34. The number of hydrogen-bond donors (Lipinski definition) is 3. The minimum Gasteiger partial charge on any atom is -0.480 e. The van der Waals surface area contributed by atoms with Crippen LogP contribution in [-0.2, 0) is 9.59 Å². The van der Waals surface area contributed by atoms with Crippen LogP contribution in [0, 0.1) is 0 Å². The van der Waals surface area contributed by atoms with E-state index in [1.54, 1.807) is 6.92 Å². The standard InChI is InChI=1S/C9H17N3O4/c1-4-12(5-6(13)14)8(16)11-9(2,3)7(10)15/h4-5H2,1-3H3,(H2,10,15)(H,11,16)(H,13,14). The highest BCUT2D eigenvalue weighted by molar-refractivity contribution is 5.89. The van der Waals surface area contributed by atoms with Gasteiger partial charge in [0.05, 0.1) is 0 Å². The van der Waals surface area contributed by atoms with E-state index in [1.807, 2.05) is 0 Å². The molecule has 0 aliphatic carbocycles. The summed E-state index contributed by atoms with van der Waals surface area (Å²) in [5, 5.41) is 10.9. The van der Waals surface area contributed by atoms with Gasteiger partial charge in [0, 0.05) is 6.54 Å². The van der Waals surface area contributed by atoms with Gasteiger partial charge < -0.3 is 21.1 Å². The lowest BCUT2D eigenvalue weighted by Crippen LogP contribution is -2.57. The van der Waals surface area contributed by atoms with Crippen LogP contribution in [-0.4, -0.2) is 46.5 Å². The van der Waals surface area contributed by atoms with Crippen LogP contribution in [0.5, 0.6) is 0 Å². The van der Waals surface area contributed by atoms with Crippen molar-refractivity contribution in [2.24, 2.45) is 5.73 Å². The van der Waals surface area contributed by atoms with Gasteiger partial charge in [-0.05, 0) is 20.8 Å². The van der Waals surface area contributed by atoms with Crippen LogP contribution in [0.15, 0.2) is 0 Å². The van der Waals surface area contributed by atoms with Gasteiger partial charge in [-0.3, -0.25) is 9.59 Å². The van der Waals surface area contributed by atoms with Crippen molar-refractivity contribution in [1.29, 1.82) is 0 Å². The zero-order valence-corrected chi connectivity index (χ0v) is 9.61. The monoisotopic (exact) mass is 231 g/mol. The number of likely N-dealkylation sites (N-methyl/N-ethyl adjacent to an activating group) is 1. The Morgan fingerprint density at radius 3 is 2.19 bits per heavy atom. The van der Waals surface area contributed by atoms with Gasteiger partial charge in [0.15, 0.2) is 0 Å². The molecular weight excluding hydrogens is 214 g/mol. The largest absolute Gasteiger partial charge is 0.480 e. The molecule has 0 rings (SSSR count). The second-order valence-corrected chi connectivity index (χ2v) is 3.83. The fraction of sp³-hybridized carbons (Fsp3) is 0.667. The van der Waals surface area contributed by atoms with Crippen LogP contribution in [0.4, 0.5) is 4.79 Å². The topological polar surface area (TPSA) is 113 Å². The van der Waals surface area contributed by atoms with Gasteiger partial charge in [-0.15, -0.1) is 0 Å². The Kier molecular flexibility index (Phi) is 4.74. The first-order valence-electron chi connectivity index (χ1n) is 4.79. The van der Waals surface area contributed by atoms with Crippen LogP contribution in [0.25, 0.3) is 0 Å². The van der Waals surface area contributed by atoms with Crippen LogP contribution >= 0.6 is 0 Å². The van der Waals surface area contributed by atoms with Crippen molar-refractivity contribution in [3.8, 4) is 0 Å². The van der Waals surface area contributed by atoms with E-state index in [0.717, 1.165) is 4.90 Å². The molecule has 0 radical (unpaired) electrons. The molecule has 7 heteroatoms. The Bertz CT molecular complexity index is 301. The number of nitrogens with zero attached hydrogens (tertiary/aromatic N) is 1. The zero-order valence-electron chi connectivity index (χ0n) is 9.61. The fourth-order valence-electron chi connectivity index (χ4n) is 0.898. The van der Waals surface area contributed by atoms with Crippen LogP contribution in [0.3, 0.4) is 0 Å². The maximum atomic E-state index is 11.6. The number of amides is 3. The van der Waals surface area contributed by atoms with Crippen molar-refractivity contribution in [2.45, 2.75) is 26.3 Å². The van der Waals surface area contributed by atoms with Crippen molar-refractivity contribution in [3.05, 3.63) is 0 Å². The molecule has 16 heavy (non-hydrogen) atoms.